The number of anilines is 3. The molecule has 0 aliphatic carbocycles. The molecule has 11 rings (SSSR count). The predicted octanol–water partition coefficient (Wildman–Crippen LogP) is 15.5. The number of rotatable bonds is 7. The summed E-state index contributed by atoms with van der Waals surface area (Å²) < 4.78 is 7.65. The van der Waals surface area contributed by atoms with Gasteiger partial charge in [-0.25, -0.2) is 4.98 Å². The molecule has 0 saturated carbocycles. The van der Waals surface area contributed by atoms with Crippen molar-refractivity contribution in [2.45, 2.75) is 0 Å². The summed E-state index contributed by atoms with van der Waals surface area (Å²) in [6.45, 7) is 0. The highest BCUT2D eigenvalue weighted by Crippen LogP contribution is 2.42. The molecule has 2 aromatic heterocycles. The van der Waals surface area contributed by atoms with Crippen LogP contribution in [-0.2, 0) is 0 Å². The van der Waals surface area contributed by atoms with Crippen LogP contribution >= 0.6 is 11.3 Å². The van der Waals surface area contributed by atoms with Crippen LogP contribution in [-0.4, -0.2) is 4.98 Å². The standard InChI is InChI=1S/C53H34N2OS/c1-3-10-35(11-4-1)36-18-25-42(26-19-36)55(44-29-22-39(23-30-44)46-17-9-15-38-12-7-8-16-45(38)46)43-27-20-37(21-28-43)41-24-31-47-50(34-41)56-49-33-32-48-52(51(47)49)57-53(54-48)40-13-5-2-6-14-40/h1-34H. The van der Waals surface area contributed by atoms with Gasteiger partial charge < -0.3 is 9.32 Å². The van der Waals surface area contributed by atoms with Gasteiger partial charge in [0.05, 0.1) is 10.2 Å². The molecule has 0 radical (unpaired) electrons. The van der Waals surface area contributed by atoms with Crippen LogP contribution < -0.4 is 4.90 Å². The Morgan fingerprint density at radius 1 is 0.404 bits per heavy atom. The van der Waals surface area contributed by atoms with Gasteiger partial charge in [0.2, 0.25) is 0 Å². The fourth-order valence-corrected chi connectivity index (χ4v) is 9.20. The highest BCUT2D eigenvalue weighted by Gasteiger charge is 2.17. The summed E-state index contributed by atoms with van der Waals surface area (Å²) in [7, 11) is 0. The van der Waals surface area contributed by atoms with E-state index in [9.17, 15) is 0 Å². The number of thiazole rings is 1. The van der Waals surface area contributed by atoms with Crippen LogP contribution in [0.15, 0.2) is 211 Å². The second kappa shape index (κ2) is 13.8. The zero-order valence-corrected chi connectivity index (χ0v) is 31.7. The summed E-state index contributed by atoms with van der Waals surface area (Å²) >= 11 is 1.72. The zero-order chi connectivity index (χ0) is 37.7. The Morgan fingerprint density at radius 3 is 1.67 bits per heavy atom. The number of hydrogen-bond acceptors (Lipinski definition) is 4. The summed E-state index contributed by atoms with van der Waals surface area (Å²) in [5, 5.41) is 5.76. The van der Waals surface area contributed by atoms with E-state index in [-0.39, 0.29) is 0 Å². The number of aromatic nitrogens is 1. The number of furan rings is 1. The first-order valence-electron chi connectivity index (χ1n) is 19.2. The molecule has 0 aliphatic rings. The van der Waals surface area contributed by atoms with Crippen LogP contribution in [0, 0.1) is 0 Å². The topological polar surface area (TPSA) is 29.3 Å². The second-order valence-corrected chi connectivity index (χ2v) is 15.4. The summed E-state index contributed by atoms with van der Waals surface area (Å²) in [6.07, 6.45) is 0. The van der Waals surface area contributed by atoms with Gasteiger partial charge in [0.15, 0.2) is 0 Å². The van der Waals surface area contributed by atoms with Gasteiger partial charge in [-0.05, 0) is 105 Å². The van der Waals surface area contributed by atoms with Gasteiger partial charge in [-0.1, -0.05) is 146 Å². The van der Waals surface area contributed by atoms with E-state index in [2.05, 4.69) is 205 Å². The Labute approximate surface area is 334 Å². The quantitative estimate of drug-likeness (QED) is 0.163. The molecule has 0 unspecified atom stereocenters. The third-order valence-electron chi connectivity index (χ3n) is 10.9. The second-order valence-electron chi connectivity index (χ2n) is 14.4. The van der Waals surface area contributed by atoms with Crippen molar-refractivity contribution in [3.63, 3.8) is 0 Å². The molecular formula is C53H34N2OS. The van der Waals surface area contributed by atoms with Crippen molar-refractivity contribution in [2.75, 3.05) is 4.90 Å². The van der Waals surface area contributed by atoms with E-state index in [4.69, 9.17) is 9.40 Å². The van der Waals surface area contributed by atoms with E-state index in [1.807, 2.05) is 6.07 Å². The Hall–Kier alpha value is -7.27. The number of nitrogens with zero attached hydrogens (tertiary/aromatic N) is 2. The van der Waals surface area contributed by atoms with E-state index in [1.165, 1.54) is 33.0 Å². The van der Waals surface area contributed by atoms with Crippen LogP contribution in [0.2, 0.25) is 0 Å². The third-order valence-corrected chi connectivity index (χ3v) is 12.1. The molecule has 0 fully saturated rings. The van der Waals surface area contributed by atoms with Crippen molar-refractivity contribution in [1.29, 1.82) is 0 Å². The van der Waals surface area contributed by atoms with Gasteiger partial charge in [-0.15, -0.1) is 11.3 Å². The predicted molar refractivity (Wildman–Crippen MR) is 241 cm³/mol. The molecule has 0 atom stereocenters. The van der Waals surface area contributed by atoms with Crippen LogP contribution in [0.25, 0.3) is 86.9 Å². The maximum atomic E-state index is 6.49. The highest BCUT2D eigenvalue weighted by atomic mass is 32.1. The first-order valence-corrected chi connectivity index (χ1v) is 20.0. The fraction of sp³-hybridized carbons (Fsp3) is 0. The van der Waals surface area contributed by atoms with E-state index in [0.29, 0.717) is 0 Å². The molecule has 268 valence electrons. The van der Waals surface area contributed by atoms with Crippen molar-refractivity contribution in [3.8, 4) is 44.0 Å². The van der Waals surface area contributed by atoms with Crippen molar-refractivity contribution in [3.05, 3.63) is 206 Å². The Kier molecular flexibility index (Phi) is 8.01. The van der Waals surface area contributed by atoms with Gasteiger partial charge in [0.1, 0.15) is 16.2 Å². The Bertz CT molecular complexity index is 3200. The SMILES string of the molecule is c1ccc(-c2ccc(N(c3ccc(-c4ccc5c(c4)oc4ccc6nc(-c7ccccc7)sc6c45)cc3)c3ccc(-c4cccc5ccccc45)cc3)cc2)cc1. The monoisotopic (exact) mass is 746 g/mol. The first kappa shape index (κ1) is 33.1. The minimum absolute atomic E-state index is 0.875. The molecule has 0 bridgehead atoms. The number of hydrogen-bond donors (Lipinski definition) is 0. The molecule has 3 nitrogen and oxygen atoms in total. The summed E-state index contributed by atoms with van der Waals surface area (Å²) in [6, 6.07) is 73.4. The maximum Gasteiger partial charge on any atom is 0.137 e. The average Bonchev–Trinajstić information content (AvgIpc) is 3.89. The largest absolute Gasteiger partial charge is 0.456 e. The summed E-state index contributed by atoms with van der Waals surface area (Å²) in [5.41, 5.74) is 14.2. The Morgan fingerprint density at radius 2 is 0.965 bits per heavy atom. The molecular weight excluding hydrogens is 713 g/mol. The third kappa shape index (κ3) is 5.95. The molecule has 0 N–H and O–H groups in total. The maximum absolute atomic E-state index is 6.49. The average molecular weight is 747 g/mol. The lowest BCUT2D eigenvalue weighted by Gasteiger charge is -2.26. The smallest absolute Gasteiger partial charge is 0.137 e. The van der Waals surface area contributed by atoms with Crippen LogP contribution in [0.1, 0.15) is 0 Å². The van der Waals surface area contributed by atoms with Crippen molar-refractivity contribution < 1.29 is 4.42 Å². The van der Waals surface area contributed by atoms with Crippen LogP contribution in [0.4, 0.5) is 17.1 Å². The molecule has 4 heteroatoms. The van der Waals surface area contributed by atoms with Crippen molar-refractivity contribution in [1.82, 2.24) is 4.98 Å². The molecule has 0 saturated heterocycles. The van der Waals surface area contributed by atoms with Gasteiger partial charge in [0, 0.05) is 33.4 Å². The number of benzene rings is 9. The van der Waals surface area contributed by atoms with Crippen LogP contribution in [0.5, 0.6) is 0 Å². The fourth-order valence-electron chi connectivity index (χ4n) is 8.08. The molecule has 2 heterocycles. The van der Waals surface area contributed by atoms with Gasteiger partial charge in [-0.3, -0.25) is 0 Å². The van der Waals surface area contributed by atoms with Crippen molar-refractivity contribution >= 4 is 71.3 Å². The van der Waals surface area contributed by atoms with Crippen molar-refractivity contribution in [2.24, 2.45) is 0 Å². The summed E-state index contributed by atoms with van der Waals surface area (Å²) in [5.74, 6) is 0. The normalized spacial score (nSPS) is 11.5. The molecule has 0 spiro atoms. The highest BCUT2D eigenvalue weighted by molar-refractivity contribution is 7.22. The first-order chi connectivity index (χ1) is 28.2. The Balaban J connectivity index is 0.954. The molecule has 0 amide bonds. The van der Waals surface area contributed by atoms with Gasteiger partial charge >= 0.3 is 0 Å². The summed E-state index contributed by atoms with van der Waals surface area (Å²) in [4.78, 5) is 7.30. The molecule has 9 aromatic carbocycles. The lowest BCUT2D eigenvalue weighted by atomic mass is 9.98. The lowest BCUT2D eigenvalue weighted by Crippen LogP contribution is -2.09. The molecule has 57 heavy (non-hydrogen) atoms. The van der Waals surface area contributed by atoms with E-state index in [1.54, 1.807) is 11.3 Å². The van der Waals surface area contributed by atoms with E-state index >= 15 is 0 Å². The van der Waals surface area contributed by atoms with Gasteiger partial charge in [-0.2, -0.15) is 0 Å². The lowest BCUT2D eigenvalue weighted by molar-refractivity contribution is 0.669. The minimum atomic E-state index is 0.875. The van der Waals surface area contributed by atoms with Crippen LogP contribution in [0.3, 0.4) is 0 Å². The number of fused-ring (bicyclic) bond motifs is 6. The molecule has 11 aromatic rings. The molecule has 0 aliphatic heterocycles. The zero-order valence-electron chi connectivity index (χ0n) is 30.8. The minimum Gasteiger partial charge on any atom is -0.456 e. The van der Waals surface area contributed by atoms with E-state index in [0.717, 1.165) is 70.9 Å². The van der Waals surface area contributed by atoms with E-state index < -0.39 is 0 Å². The van der Waals surface area contributed by atoms with Gasteiger partial charge in [0.25, 0.3) is 0 Å².